The first-order chi connectivity index (χ1) is 15.1. The van der Waals surface area contributed by atoms with Crippen LogP contribution < -0.4 is 5.32 Å². The molecule has 0 aliphatic heterocycles. The van der Waals surface area contributed by atoms with Gasteiger partial charge in [0.1, 0.15) is 17.2 Å². The van der Waals surface area contributed by atoms with Gasteiger partial charge >= 0.3 is 5.97 Å². The second-order valence-electron chi connectivity index (χ2n) is 6.94. The molecule has 0 saturated heterocycles. The normalized spacial score (nSPS) is 11.1. The molecule has 0 atom stereocenters. The monoisotopic (exact) mass is 459 g/mol. The average Bonchev–Trinajstić information content (AvgIpc) is 2.76. The van der Waals surface area contributed by atoms with Crippen molar-refractivity contribution in [1.82, 2.24) is 5.32 Å². The zero-order valence-corrected chi connectivity index (χ0v) is 18.0. The Morgan fingerprint density at radius 2 is 1.69 bits per heavy atom. The second-order valence-corrected chi connectivity index (χ2v) is 8.96. The van der Waals surface area contributed by atoms with E-state index in [1.165, 1.54) is 48.5 Å². The summed E-state index contributed by atoms with van der Waals surface area (Å²) in [6.07, 6.45) is 1.03. The molecule has 3 aromatic carbocycles. The fourth-order valence-electron chi connectivity index (χ4n) is 3.08. The highest BCUT2D eigenvalue weighted by molar-refractivity contribution is 7.90. The molecular weight excluding hydrogens is 440 g/mol. The summed E-state index contributed by atoms with van der Waals surface area (Å²) >= 11 is 0. The van der Waals surface area contributed by atoms with Crippen molar-refractivity contribution in [3.8, 4) is 11.1 Å². The maximum Gasteiger partial charge on any atom is 0.341 e. The van der Waals surface area contributed by atoms with E-state index in [0.717, 1.165) is 25.5 Å². The fraction of sp³-hybridized carbons (Fsp3) is 0.130. The molecule has 3 rings (SSSR count). The summed E-state index contributed by atoms with van der Waals surface area (Å²) in [6.45, 7) is -0.166. The fourth-order valence-corrected chi connectivity index (χ4v) is 3.74. The Morgan fingerprint density at radius 1 is 0.969 bits per heavy atom. The Kier molecular flexibility index (Phi) is 6.69. The number of halogens is 2. The van der Waals surface area contributed by atoms with Crippen molar-refractivity contribution in [3.63, 3.8) is 0 Å². The van der Waals surface area contributed by atoms with Crippen molar-refractivity contribution in [2.45, 2.75) is 11.4 Å². The van der Waals surface area contributed by atoms with Gasteiger partial charge in [0.05, 0.1) is 12.0 Å². The number of esters is 1. The first kappa shape index (κ1) is 23.1. The van der Waals surface area contributed by atoms with Gasteiger partial charge in [0.15, 0.2) is 9.84 Å². The number of hydrogen-bond acceptors (Lipinski definition) is 5. The van der Waals surface area contributed by atoms with E-state index in [4.69, 9.17) is 0 Å². The summed E-state index contributed by atoms with van der Waals surface area (Å²) < 4.78 is 56.7. The summed E-state index contributed by atoms with van der Waals surface area (Å²) in [5.74, 6) is -2.92. The summed E-state index contributed by atoms with van der Waals surface area (Å²) in [7, 11) is -2.36. The van der Waals surface area contributed by atoms with Crippen molar-refractivity contribution >= 4 is 21.7 Å². The Hall–Kier alpha value is -3.59. The van der Waals surface area contributed by atoms with E-state index >= 15 is 0 Å². The van der Waals surface area contributed by atoms with Crippen LogP contribution in [0.1, 0.15) is 26.3 Å². The number of hydrogen-bond donors (Lipinski definition) is 1. The lowest BCUT2D eigenvalue weighted by atomic mass is 9.98. The van der Waals surface area contributed by atoms with Crippen LogP contribution in [0.25, 0.3) is 11.1 Å². The van der Waals surface area contributed by atoms with E-state index < -0.39 is 33.3 Å². The molecule has 0 aliphatic carbocycles. The van der Waals surface area contributed by atoms with Gasteiger partial charge in [-0.25, -0.2) is 22.0 Å². The third kappa shape index (κ3) is 5.00. The molecule has 0 unspecified atom stereocenters. The molecule has 0 aliphatic rings. The molecule has 1 amide bonds. The molecule has 0 spiro atoms. The van der Waals surface area contributed by atoms with Crippen LogP contribution in [0.2, 0.25) is 0 Å². The van der Waals surface area contributed by atoms with Crippen molar-refractivity contribution in [2.75, 3.05) is 13.4 Å². The third-order valence-corrected chi connectivity index (χ3v) is 5.84. The van der Waals surface area contributed by atoms with Gasteiger partial charge in [0.2, 0.25) is 0 Å². The van der Waals surface area contributed by atoms with Crippen molar-refractivity contribution in [2.24, 2.45) is 0 Å². The van der Waals surface area contributed by atoms with Gasteiger partial charge in [-0.1, -0.05) is 30.3 Å². The molecule has 1 N–H and O–H groups in total. The minimum Gasteiger partial charge on any atom is -0.465 e. The number of benzene rings is 3. The molecule has 166 valence electrons. The second kappa shape index (κ2) is 9.27. The maximum absolute atomic E-state index is 14.7. The molecule has 0 heterocycles. The number of methoxy groups -OCH3 is 1. The van der Waals surface area contributed by atoms with E-state index in [0.29, 0.717) is 0 Å². The molecule has 0 radical (unpaired) electrons. The SMILES string of the molecule is COC(=O)c1c(F)cccc1-c1ccc(CNC(=O)c2cccc(S(C)(=O)=O)c2)c(F)c1. The molecule has 3 aromatic rings. The topological polar surface area (TPSA) is 89.5 Å². The first-order valence-electron chi connectivity index (χ1n) is 9.35. The molecule has 32 heavy (non-hydrogen) atoms. The van der Waals surface area contributed by atoms with Gasteiger partial charge in [0, 0.05) is 23.9 Å². The smallest absolute Gasteiger partial charge is 0.341 e. The van der Waals surface area contributed by atoms with Gasteiger partial charge < -0.3 is 10.1 Å². The zero-order chi connectivity index (χ0) is 23.5. The number of amides is 1. The molecule has 0 fully saturated rings. The van der Waals surface area contributed by atoms with Gasteiger partial charge in [-0.2, -0.15) is 0 Å². The van der Waals surface area contributed by atoms with Crippen LogP contribution in [0, 0.1) is 11.6 Å². The predicted molar refractivity (Wildman–Crippen MR) is 114 cm³/mol. The van der Waals surface area contributed by atoms with Crippen LogP contribution in [-0.4, -0.2) is 33.7 Å². The number of carbonyl (C=O) groups excluding carboxylic acids is 2. The standard InChI is InChI=1S/C23H19F2NO5S/c1-31-23(28)21-18(7-4-8-19(21)24)14-9-10-16(20(25)12-14)13-26-22(27)15-5-3-6-17(11-15)32(2,29)30/h3-12H,13H2,1-2H3,(H,26,27). The third-order valence-electron chi connectivity index (χ3n) is 4.73. The number of sulfone groups is 1. The van der Waals surface area contributed by atoms with Crippen LogP contribution in [0.3, 0.4) is 0 Å². The van der Waals surface area contributed by atoms with Crippen LogP contribution in [-0.2, 0) is 21.1 Å². The van der Waals surface area contributed by atoms with Crippen molar-refractivity contribution in [3.05, 3.63) is 89.0 Å². The van der Waals surface area contributed by atoms with Crippen LogP contribution in [0.5, 0.6) is 0 Å². The molecule has 0 saturated carbocycles. The highest BCUT2D eigenvalue weighted by Gasteiger charge is 2.19. The largest absolute Gasteiger partial charge is 0.465 e. The Labute approximate surface area is 183 Å². The molecular formula is C23H19F2NO5S. The summed E-state index contributed by atoms with van der Waals surface area (Å²) in [6, 6.07) is 13.5. The number of ether oxygens (including phenoxy) is 1. The van der Waals surface area contributed by atoms with Crippen LogP contribution in [0.4, 0.5) is 8.78 Å². The number of nitrogens with one attached hydrogen (secondary N) is 1. The lowest BCUT2D eigenvalue weighted by Crippen LogP contribution is -2.23. The zero-order valence-electron chi connectivity index (χ0n) is 17.2. The van der Waals surface area contributed by atoms with E-state index in [1.54, 1.807) is 0 Å². The summed E-state index contributed by atoms with van der Waals surface area (Å²) in [5, 5.41) is 2.53. The van der Waals surface area contributed by atoms with Crippen molar-refractivity contribution < 1.29 is 31.5 Å². The summed E-state index contributed by atoms with van der Waals surface area (Å²) in [4.78, 5) is 24.3. The maximum atomic E-state index is 14.7. The minimum absolute atomic E-state index is 0.00260. The van der Waals surface area contributed by atoms with E-state index in [1.807, 2.05) is 0 Å². The molecule has 9 heteroatoms. The van der Waals surface area contributed by atoms with Gasteiger partial charge in [-0.15, -0.1) is 0 Å². The van der Waals surface area contributed by atoms with Gasteiger partial charge in [-0.3, -0.25) is 4.79 Å². The van der Waals surface area contributed by atoms with E-state index in [9.17, 15) is 26.8 Å². The van der Waals surface area contributed by atoms with E-state index in [2.05, 4.69) is 10.1 Å². The van der Waals surface area contributed by atoms with Crippen molar-refractivity contribution in [1.29, 1.82) is 0 Å². The summed E-state index contributed by atoms with van der Waals surface area (Å²) in [5.41, 5.74) is 0.397. The first-order valence-corrected chi connectivity index (χ1v) is 11.2. The number of rotatable bonds is 6. The molecule has 6 nitrogen and oxygen atoms in total. The Balaban J connectivity index is 1.81. The van der Waals surface area contributed by atoms with Crippen LogP contribution in [0.15, 0.2) is 65.6 Å². The Bertz CT molecular complexity index is 1310. The van der Waals surface area contributed by atoms with Crippen LogP contribution >= 0.6 is 0 Å². The average molecular weight is 459 g/mol. The van der Waals surface area contributed by atoms with Gasteiger partial charge in [0.25, 0.3) is 5.91 Å². The predicted octanol–water partition coefficient (Wildman–Crippen LogP) is 3.75. The Morgan fingerprint density at radius 3 is 2.34 bits per heavy atom. The number of carbonyl (C=O) groups is 2. The van der Waals surface area contributed by atoms with Gasteiger partial charge in [-0.05, 0) is 41.5 Å². The molecule has 0 aromatic heterocycles. The quantitative estimate of drug-likeness (QED) is 0.567. The highest BCUT2D eigenvalue weighted by atomic mass is 32.2. The van der Waals surface area contributed by atoms with E-state index in [-0.39, 0.29) is 39.3 Å². The lowest BCUT2D eigenvalue weighted by molar-refractivity contribution is 0.0596. The highest BCUT2D eigenvalue weighted by Crippen LogP contribution is 2.28. The lowest BCUT2D eigenvalue weighted by Gasteiger charge is -2.11. The minimum atomic E-state index is -3.48. The molecule has 0 bridgehead atoms.